The molecule has 0 atom stereocenters. The molecule has 0 spiro atoms. The van der Waals surface area contributed by atoms with Crippen molar-refractivity contribution < 1.29 is 9.90 Å². The Morgan fingerprint density at radius 1 is 1.33 bits per heavy atom. The standard InChI is InChI=1S/C10H9N3O2/c1-7-10(6-14)13(12-11-7)8-2-4-9(15)5-3-8/h2-6,15H,1H3. The van der Waals surface area contributed by atoms with Gasteiger partial charge in [-0.3, -0.25) is 4.79 Å². The number of aromatic nitrogens is 3. The van der Waals surface area contributed by atoms with Gasteiger partial charge in [0.05, 0.1) is 11.4 Å². The molecule has 1 aromatic heterocycles. The van der Waals surface area contributed by atoms with Gasteiger partial charge in [-0.05, 0) is 31.2 Å². The molecule has 0 amide bonds. The van der Waals surface area contributed by atoms with Crippen molar-refractivity contribution in [1.29, 1.82) is 0 Å². The number of aromatic hydroxyl groups is 1. The summed E-state index contributed by atoms with van der Waals surface area (Å²) in [6.45, 7) is 1.72. The van der Waals surface area contributed by atoms with Gasteiger partial charge in [-0.1, -0.05) is 5.21 Å². The molecule has 1 aromatic carbocycles. The average molecular weight is 203 g/mol. The largest absolute Gasteiger partial charge is 0.508 e. The minimum Gasteiger partial charge on any atom is -0.508 e. The van der Waals surface area contributed by atoms with Gasteiger partial charge in [0.1, 0.15) is 11.4 Å². The molecule has 0 radical (unpaired) electrons. The Bertz CT molecular complexity index is 488. The highest BCUT2D eigenvalue weighted by atomic mass is 16.3. The number of carbonyl (C=O) groups excluding carboxylic acids is 1. The van der Waals surface area contributed by atoms with Gasteiger partial charge in [0.15, 0.2) is 6.29 Å². The molecule has 0 aliphatic heterocycles. The van der Waals surface area contributed by atoms with Gasteiger partial charge in [-0.25, -0.2) is 4.68 Å². The summed E-state index contributed by atoms with van der Waals surface area (Å²) < 4.78 is 1.43. The van der Waals surface area contributed by atoms with Crippen molar-refractivity contribution in [3.8, 4) is 11.4 Å². The predicted molar refractivity (Wildman–Crippen MR) is 53.1 cm³/mol. The number of aldehydes is 1. The number of nitrogens with zero attached hydrogens (tertiary/aromatic N) is 3. The van der Waals surface area contributed by atoms with E-state index in [4.69, 9.17) is 5.11 Å². The summed E-state index contributed by atoms with van der Waals surface area (Å²) in [5, 5.41) is 16.8. The van der Waals surface area contributed by atoms with Crippen LogP contribution < -0.4 is 0 Å². The molecule has 0 saturated heterocycles. The van der Waals surface area contributed by atoms with Crippen LogP contribution in [0.4, 0.5) is 0 Å². The Balaban J connectivity index is 2.53. The number of hydrogen-bond donors (Lipinski definition) is 1. The highest BCUT2D eigenvalue weighted by Crippen LogP contribution is 2.14. The zero-order chi connectivity index (χ0) is 10.8. The minimum atomic E-state index is 0.170. The SMILES string of the molecule is Cc1nnn(-c2ccc(O)cc2)c1C=O. The van der Waals surface area contributed by atoms with Crippen LogP contribution in [-0.2, 0) is 0 Å². The van der Waals surface area contributed by atoms with Crippen LogP contribution in [0.15, 0.2) is 24.3 Å². The van der Waals surface area contributed by atoms with Crippen molar-refractivity contribution >= 4 is 6.29 Å². The summed E-state index contributed by atoms with van der Waals surface area (Å²) in [5.74, 6) is 0.170. The molecule has 76 valence electrons. The first-order chi connectivity index (χ1) is 7.22. The number of hydrogen-bond acceptors (Lipinski definition) is 4. The fourth-order valence-electron chi connectivity index (χ4n) is 1.28. The summed E-state index contributed by atoms with van der Waals surface area (Å²) in [6, 6.07) is 6.38. The van der Waals surface area contributed by atoms with E-state index < -0.39 is 0 Å². The summed E-state index contributed by atoms with van der Waals surface area (Å²) in [5.41, 5.74) is 1.69. The first kappa shape index (κ1) is 9.39. The molecule has 1 heterocycles. The zero-order valence-corrected chi connectivity index (χ0v) is 8.08. The lowest BCUT2D eigenvalue weighted by atomic mass is 10.3. The molecule has 0 fully saturated rings. The topological polar surface area (TPSA) is 68.0 Å². The first-order valence-electron chi connectivity index (χ1n) is 4.39. The maximum atomic E-state index is 10.8. The van der Waals surface area contributed by atoms with Crippen LogP contribution in [0.5, 0.6) is 5.75 Å². The second-order valence-electron chi connectivity index (χ2n) is 3.11. The lowest BCUT2D eigenvalue weighted by Gasteiger charge is -2.01. The molecule has 5 heteroatoms. The number of phenols is 1. The fourth-order valence-corrected chi connectivity index (χ4v) is 1.28. The van der Waals surface area contributed by atoms with Crippen molar-refractivity contribution in [3.05, 3.63) is 35.7 Å². The van der Waals surface area contributed by atoms with E-state index in [9.17, 15) is 4.79 Å². The van der Waals surface area contributed by atoms with Crippen LogP contribution in [0.25, 0.3) is 5.69 Å². The molecule has 15 heavy (non-hydrogen) atoms. The summed E-state index contributed by atoms with van der Waals surface area (Å²) in [7, 11) is 0. The Labute approximate surface area is 86.0 Å². The van der Waals surface area contributed by atoms with Crippen LogP contribution in [0.3, 0.4) is 0 Å². The van der Waals surface area contributed by atoms with Crippen LogP contribution in [0, 0.1) is 6.92 Å². The van der Waals surface area contributed by atoms with Crippen LogP contribution in [0.1, 0.15) is 16.2 Å². The van der Waals surface area contributed by atoms with Crippen molar-refractivity contribution in [3.63, 3.8) is 0 Å². The van der Waals surface area contributed by atoms with Gasteiger partial charge in [-0.2, -0.15) is 0 Å². The Hall–Kier alpha value is -2.17. The molecule has 5 nitrogen and oxygen atoms in total. The maximum Gasteiger partial charge on any atom is 0.170 e. The molecule has 0 bridgehead atoms. The lowest BCUT2D eigenvalue weighted by molar-refractivity contribution is 0.111. The maximum absolute atomic E-state index is 10.8. The second-order valence-corrected chi connectivity index (χ2v) is 3.11. The third kappa shape index (κ3) is 1.59. The van der Waals surface area contributed by atoms with Gasteiger partial charge in [0.2, 0.25) is 0 Å². The van der Waals surface area contributed by atoms with E-state index in [1.54, 1.807) is 19.1 Å². The van der Waals surface area contributed by atoms with Crippen LogP contribution >= 0.6 is 0 Å². The average Bonchev–Trinajstić information content (AvgIpc) is 2.61. The Morgan fingerprint density at radius 3 is 2.60 bits per heavy atom. The molecule has 2 aromatic rings. The number of aryl methyl sites for hydroxylation is 1. The molecule has 0 aliphatic carbocycles. The smallest absolute Gasteiger partial charge is 0.170 e. The van der Waals surface area contributed by atoms with E-state index in [-0.39, 0.29) is 5.75 Å². The van der Waals surface area contributed by atoms with Crippen LogP contribution in [-0.4, -0.2) is 26.4 Å². The summed E-state index contributed by atoms with van der Waals surface area (Å²) >= 11 is 0. The van der Waals surface area contributed by atoms with E-state index in [0.29, 0.717) is 23.4 Å². The first-order valence-corrected chi connectivity index (χ1v) is 4.39. The predicted octanol–water partition coefficient (Wildman–Crippen LogP) is 1.09. The van der Waals surface area contributed by atoms with E-state index in [2.05, 4.69) is 10.3 Å². The van der Waals surface area contributed by atoms with Gasteiger partial charge in [-0.15, -0.1) is 5.10 Å². The highest BCUT2D eigenvalue weighted by Gasteiger charge is 2.09. The molecule has 2 rings (SSSR count). The van der Waals surface area contributed by atoms with Crippen molar-refractivity contribution in [2.75, 3.05) is 0 Å². The Kier molecular flexibility index (Phi) is 2.21. The number of benzene rings is 1. The molecule has 0 aliphatic rings. The number of phenolic OH excluding ortho intramolecular Hbond substituents is 1. The number of rotatable bonds is 2. The molecule has 1 N–H and O–H groups in total. The Morgan fingerprint density at radius 2 is 2.00 bits per heavy atom. The zero-order valence-electron chi connectivity index (χ0n) is 8.08. The summed E-state index contributed by atoms with van der Waals surface area (Å²) in [4.78, 5) is 10.8. The highest BCUT2D eigenvalue weighted by molar-refractivity contribution is 5.74. The molecule has 0 unspecified atom stereocenters. The van der Waals surface area contributed by atoms with E-state index in [0.717, 1.165) is 0 Å². The molecular weight excluding hydrogens is 194 g/mol. The quantitative estimate of drug-likeness (QED) is 0.742. The van der Waals surface area contributed by atoms with Crippen molar-refractivity contribution in [2.45, 2.75) is 6.92 Å². The van der Waals surface area contributed by atoms with Gasteiger partial charge in [0.25, 0.3) is 0 Å². The number of carbonyl (C=O) groups is 1. The third-order valence-electron chi connectivity index (χ3n) is 2.09. The molecule has 0 saturated carbocycles. The third-order valence-corrected chi connectivity index (χ3v) is 2.09. The van der Waals surface area contributed by atoms with Crippen molar-refractivity contribution in [2.24, 2.45) is 0 Å². The van der Waals surface area contributed by atoms with Crippen molar-refractivity contribution in [1.82, 2.24) is 15.0 Å². The lowest BCUT2D eigenvalue weighted by Crippen LogP contribution is -2.01. The monoisotopic (exact) mass is 203 g/mol. The second kappa shape index (κ2) is 3.53. The minimum absolute atomic E-state index is 0.170. The normalized spacial score (nSPS) is 10.2. The van der Waals surface area contributed by atoms with E-state index in [1.807, 2.05) is 0 Å². The van der Waals surface area contributed by atoms with Gasteiger partial charge < -0.3 is 5.11 Å². The van der Waals surface area contributed by atoms with Gasteiger partial charge >= 0.3 is 0 Å². The summed E-state index contributed by atoms with van der Waals surface area (Å²) in [6.07, 6.45) is 0.711. The van der Waals surface area contributed by atoms with E-state index in [1.165, 1.54) is 16.8 Å². The van der Waals surface area contributed by atoms with Gasteiger partial charge in [0, 0.05) is 0 Å². The molecular formula is C10H9N3O2. The van der Waals surface area contributed by atoms with Crippen LogP contribution in [0.2, 0.25) is 0 Å². The van der Waals surface area contributed by atoms with E-state index >= 15 is 0 Å². The fraction of sp³-hybridized carbons (Fsp3) is 0.100.